The lowest BCUT2D eigenvalue weighted by Gasteiger charge is -2.35. The smallest absolute Gasteiger partial charge is 0.0446 e. The number of hydrogen-bond donors (Lipinski definition) is 0. The standard InChI is InChI=1S/C15H14BrN/c16-14-8-3-1-6-12(14)13-7-2-4-9-15(13)17-10-5-11-17/h1-4,6-9H,5,10-11H2. The number of para-hydroxylation sites is 1. The number of rotatable bonds is 2. The molecule has 2 aromatic rings. The Morgan fingerprint density at radius 3 is 2.12 bits per heavy atom. The van der Waals surface area contributed by atoms with Crippen LogP contribution in [0.1, 0.15) is 6.42 Å². The summed E-state index contributed by atoms with van der Waals surface area (Å²) in [6, 6.07) is 17.1. The van der Waals surface area contributed by atoms with Crippen molar-refractivity contribution in [3.05, 3.63) is 53.0 Å². The molecule has 0 amide bonds. The van der Waals surface area contributed by atoms with Crippen LogP contribution in [0.15, 0.2) is 53.0 Å². The first-order valence-electron chi connectivity index (χ1n) is 5.95. The molecule has 0 aliphatic carbocycles. The summed E-state index contributed by atoms with van der Waals surface area (Å²) in [5.41, 5.74) is 3.94. The highest BCUT2D eigenvalue weighted by Crippen LogP contribution is 2.36. The van der Waals surface area contributed by atoms with Crippen molar-refractivity contribution >= 4 is 21.6 Å². The Bertz CT molecular complexity index is 532. The molecule has 0 unspecified atom stereocenters. The van der Waals surface area contributed by atoms with Crippen molar-refractivity contribution in [3.63, 3.8) is 0 Å². The van der Waals surface area contributed by atoms with E-state index in [0.717, 1.165) is 4.47 Å². The molecule has 1 nitrogen and oxygen atoms in total. The molecule has 0 radical (unpaired) electrons. The Kier molecular flexibility index (Phi) is 2.89. The summed E-state index contributed by atoms with van der Waals surface area (Å²) in [6.07, 6.45) is 1.31. The average molecular weight is 288 g/mol. The molecule has 1 aliphatic heterocycles. The molecule has 1 heterocycles. The summed E-state index contributed by atoms with van der Waals surface area (Å²) < 4.78 is 1.16. The molecule has 17 heavy (non-hydrogen) atoms. The third-order valence-electron chi connectivity index (χ3n) is 3.26. The van der Waals surface area contributed by atoms with Crippen LogP contribution in [0.5, 0.6) is 0 Å². The van der Waals surface area contributed by atoms with E-state index >= 15 is 0 Å². The van der Waals surface area contributed by atoms with Gasteiger partial charge in [-0.2, -0.15) is 0 Å². The first kappa shape index (κ1) is 10.8. The monoisotopic (exact) mass is 287 g/mol. The number of benzene rings is 2. The number of nitrogens with zero attached hydrogens (tertiary/aromatic N) is 1. The number of halogens is 1. The van der Waals surface area contributed by atoms with Gasteiger partial charge in [0.1, 0.15) is 0 Å². The highest BCUT2D eigenvalue weighted by molar-refractivity contribution is 9.10. The van der Waals surface area contributed by atoms with E-state index in [4.69, 9.17) is 0 Å². The fourth-order valence-corrected chi connectivity index (χ4v) is 2.71. The van der Waals surface area contributed by atoms with Gasteiger partial charge < -0.3 is 4.90 Å². The molecule has 0 aromatic heterocycles. The Balaban J connectivity index is 2.11. The van der Waals surface area contributed by atoms with Gasteiger partial charge in [-0.1, -0.05) is 52.3 Å². The van der Waals surface area contributed by atoms with Crippen molar-refractivity contribution in [2.45, 2.75) is 6.42 Å². The Hall–Kier alpha value is -1.28. The summed E-state index contributed by atoms with van der Waals surface area (Å²) in [5.74, 6) is 0. The predicted octanol–water partition coefficient (Wildman–Crippen LogP) is 4.33. The second-order valence-corrected chi connectivity index (χ2v) is 5.19. The van der Waals surface area contributed by atoms with Crippen LogP contribution in [-0.2, 0) is 0 Å². The van der Waals surface area contributed by atoms with Crippen molar-refractivity contribution in [1.29, 1.82) is 0 Å². The molecule has 86 valence electrons. The van der Waals surface area contributed by atoms with Crippen molar-refractivity contribution in [2.24, 2.45) is 0 Å². The second-order valence-electron chi connectivity index (χ2n) is 4.34. The first-order chi connectivity index (χ1) is 8.36. The number of anilines is 1. The van der Waals surface area contributed by atoms with Crippen LogP contribution in [0.2, 0.25) is 0 Å². The molecule has 2 heteroatoms. The zero-order valence-electron chi connectivity index (χ0n) is 9.57. The second kappa shape index (κ2) is 4.53. The van der Waals surface area contributed by atoms with Crippen molar-refractivity contribution < 1.29 is 0 Å². The van der Waals surface area contributed by atoms with E-state index in [1.807, 2.05) is 0 Å². The molecule has 2 aromatic carbocycles. The predicted molar refractivity (Wildman–Crippen MR) is 76.4 cm³/mol. The van der Waals surface area contributed by atoms with E-state index in [9.17, 15) is 0 Å². The Morgan fingerprint density at radius 2 is 1.47 bits per heavy atom. The van der Waals surface area contributed by atoms with E-state index in [2.05, 4.69) is 69.4 Å². The molecule has 1 aliphatic rings. The van der Waals surface area contributed by atoms with Gasteiger partial charge in [-0.15, -0.1) is 0 Å². The topological polar surface area (TPSA) is 3.24 Å². The normalized spacial score (nSPS) is 14.5. The largest absolute Gasteiger partial charge is 0.371 e. The van der Waals surface area contributed by atoms with Gasteiger partial charge in [-0.05, 0) is 24.1 Å². The average Bonchev–Trinajstić information content (AvgIpc) is 2.29. The Morgan fingerprint density at radius 1 is 0.824 bits per heavy atom. The van der Waals surface area contributed by atoms with Crippen LogP contribution in [-0.4, -0.2) is 13.1 Å². The zero-order chi connectivity index (χ0) is 11.7. The van der Waals surface area contributed by atoms with Crippen molar-refractivity contribution in [1.82, 2.24) is 0 Å². The van der Waals surface area contributed by atoms with Gasteiger partial charge in [0.05, 0.1) is 0 Å². The molecule has 0 bridgehead atoms. The van der Waals surface area contributed by atoms with Gasteiger partial charge in [-0.3, -0.25) is 0 Å². The fourth-order valence-electron chi connectivity index (χ4n) is 2.21. The molecule has 1 fully saturated rings. The molecule has 0 atom stereocenters. The molecule has 1 saturated heterocycles. The van der Waals surface area contributed by atoms with E-state index in [-0.39, 0.29) is 0 Å². The highest BCUT2D eigenvalue weighted by Gasteiger charge is 2.18. The van der Waals surface area contributed by atoms with Gasteiger partial charge >= 0.3 is 0 Å². The van der Waals surface area contributed by atoms with E-state index in [1.54, 1.807) is 0 Å². The van der Waals surface area contributed by atoms with Gasteiger partial charge in [0.15, 0.2) is 0 Å². The minimum Gasteiger partial charge on any atom is -0.371 e. The minimum absolute atomic E-state index is 1.16. The molecule has 0 spiro atoms. The van der Waals surface area contributed by atoms with E-state index in [0.29, 0.717) is 0 Å². The maximum absolute atomic E-state index is 3.64. The highest BCUT2D eigenvalue weighted by atomic mass is 79.9. The lowest BCUT2D eigenvalue weighted by molar-refractivity contribution is 0.618. The van der Waals surface area contributed by atoms with Crippen LogP contribution in [0.3, 0.4) is 0 Å². The summed E-state index contributed by atoms with van der Waals surface area (Å²) in [4.78, 5) is 2.44. The SMILES string of the molecule is Brc1ccccc1-c1ccccc1N1CCC1. The maximum atomic E-state index is 3.64. The van der Waals surface area contributed by atoms with Gasteiger partial charge in [-0.25, -0.2) is 0 Å². The van der Waals surface area contributed by atoms with Crippen molar-refractivity contribution in [3.8, 4) is 11.1 Å². The van der Waals surface area contributed by atoms with E-state index < -0.39 is 0 Å². The van der Waals surface area contributed by atoms with Gasteiger partial charge in [0.25, 0.3) is 0 Å². The third-order valence-corrected chi connectivity index (χ3v) is 3.96. The number of hydrogen-bond acceptors (Lipinski definition) is 1. The molecular weight excluding hydrogens is 274 g/mol. The molecule has 0 saturated carbocycles. The van der Waals surface area contributed by atoms with Crippen molar-refractivity contribution in [2.75, 3.05) is 18.0 Å². The lowest BCUT2D eigenvalue weighted by Crippen LogP contribution is -2.37. The molecular formula is C15H14BrN. The maximum Gasteiger partial charge on any atom is 0.0446 e. The summed E-state index contributed by atoms with van der Waals surface area (Å²) >= 11 is 3.64. The zero-order valence-corrected chi connectivity index (χ0v) is 11.2. The quantitative estimate of drug-likeness (QED) is 0.795. The van der Waals surface area contributed by atoms with Crippen LogP contribution >= 0.6 is 15.9 Å². The first-order valence-corrected chi connectivity index (χ1v) is 6.74. The van der Waals surface area contributed by atoms with Crippen LogP contribution in [0, 0.1) is 0 Å². The lowest BCUT2D eigenvalue weighted by atomic mass is 10.0. The summed E-state index contributed by atoms with van der Waals surface area (Å²) in [7, 11) is 0. The minimum atomic E-state index is 1.16. The van der Waals surface area contributed by atoms with Gasteiger partial charge in [0, 0.05) is 28.8 Å². The Labute approximate surface area is 110 Å². The third kappa shape index (κ3) is 1.98. The van der Waals surface area contributed by atoms with Gasteiger partial charge in [0.2, 0.25) is 0 Å². The van der Waals surface area contributed by atoms with Crippen LogP contribution in [0.4, 0.5) is 5.69 Å². The van der Waals surface area contributed by atoms with Crippen LogP contribution < -0.4 is 4.90 Å². The molecule has 3 rings (SSSR count). The van der Waals surface area contributed by atoms with E-state index in [1.165, 1.54) is 36.3 Å². The fraction of sp³-hybridized carbons (Fsp3) is 0.200. The summed E-state index contributed by atoms with van der Waals surface area (Å²) in [5, 5.41) is 0. The molecule has 0 N–H and O–H groups in total. The van der Waals surface area contributed by atoms with Crippen LogP contribution in [0.25, 0.3) is 11.1 Å². The summed E-state index contributed by atoms with van der Waals surface area (Å²) in [6.45, 7) is 2.36.